The van der Waals surface area contributed by atoms with Crippen LogP contribution >= 0.6 is 0 Å². The highest BCUT2D eigenvalue weighted by Crippen LogP contribution is 2.36. The van der Waals surface area contributed by atoms with Crippen molar-refractivity contribution in [2.45, 2.75) is 46.0 Å². The Labute approximate surface area is 112 Å². The molecule has 100 valence electrons. The predicted molar refractivity (Wildman–Crippen MR) is 78.5 cm³/mol. The lowest BCUT2D eigenvalue weighted by Crippen LogP contribution is -2.31. The molecule has 0 amide bonds. The van der Waals surface area contributed by atoms with E-state index in [-0.39, 0.29) is 0 Å². The Morgan fingerprint density at radius 3 is 2.72 bits per heavy atom. The second-order valence-electron chi connectivity index (χ2n) is 6.04. The highest BCUT2D eigenvalue weighted by molar-refractivity contribution is 5.22. The van der Waals surface area contributed by atoms with E-state index in [1.807, 2.05) is 0 Å². The van der Waals surface area contributed by atoms with Gasteiger partial charge in [0.1, 0.15) is 0 Å². The molecule has 0 saturated heterocycles. The van der Waals surface area contributed by atoms with Crippen molar-refractivity contribution in [2.75, 3.05) is 6.54 Å². The van der Waals surface area contributed by atoms with E-state index in [0.29, 0.717) is 0 Å². The van der Waals surface area contributed by atoms with Crippen LogP contribution in [0.5, 0.6) is 0 Å². The Hall–Kier alpha value is -0.820. The highest BCUT2D eigenvalue weighted by Gasteiger charge is 2.28. The summed E-state index contributed by atoms with van der Waals surface area (Å²) in [4.78, 5) is 0. The van der Waals surface area contributed by atoms with Gasteiger partial charge in [-0.3, -0.25) is 0 Å². The van der Waals surface area contributed by atoms with Crippen LogP contribution < -0.4 is 5.73 Å². The lowest BCUT2D eigenvalue weighted by atomic mass is 9.71. The number of nitrogens with two attached hydrogens (primary N) is 1. The lowest BCUT2D eigenvalue weighted by molar-refractivity contribution is 0.180. The summed E-state index contributed by atoms with van der Waals surface area (Å²) in [5.41, 5.74) is 8.83. The van der Waals surface area contributed by atoms with Crippen LogP contribution in [-0.4, -0.2) is 6.54 Å². The van der Waals surface area contributed by atoms with Gasteiger partial charge in [0.15, 0.2) is 0 Å². The SMILES string of the molecule is CCC1CCC(CN)C(Cc2cccc(C)c2)C1. The van der Waals surface area contributed by atoms with Gasteiger partial charge < -0.3 is 5.73 Å². The molecule has 1 nitrogen and oxygen atoms in total. The normalized spacial score (nSPS) is 28.3. The fourth-order valence-corrected chi connectivity index (χ4v) is 3.50. The second kappa shape index (κ2) is 6.38. The molecule has 0 aromatic heterocycles. The van der Waals surface area contributed by atoms with E-state index in [1.165, 1.54) is 43.2 Å². The Morgan fingerprint density at radius 2 is 2.06 bits per heavy atom. The maximum Gasteiger partial charge on any atom is -0.00461 e. The van der Waals surface area contributed by atoms with Gasteiger partial charge in [0.25, 0.3) is 0 Å². The maximum atomic E-state index is 5.96. The molecule has 1 heteroatoms. The van der Waals surface area contributed by atoms with E-state index >= 15 is 0 Å². The Morgan fingerprint density at radius 1 is 1.22 bits per heavy atom. The minimum atomic E-state index is 0.744. The molecule has 0 spiro atoms. The number of hydrogen-bond donors (Lipinski definition) is 1. The van der Waals surface area contributed by atoms with Crippen LogP contribution in [0.25, 0.3) is 0 Å². The molecule has 2 N–H and O–H groups in total. The van der Waals surface area contributed by atoms with Crippen molar-refractivity contribution in [2.24, 2.45) is 23.5 Å². The first-order chi connectivity index (χ1) is 8.72. The Kier molecular flexibility index (Phi) is 4.82. The standard InChI is InChI=1S/C17H27N/c1-3-14-7-8-16(12-18)17(10-14)11-15-6-4-5-13(2)9-15/h4-6,9,14,16-17H,3,7-8,10-12,18H2,1-2H3. The van der Waals surface area contributed by atoms with Crippen LogP contribution in [-0.2, 0) is 6.42 Å². The van der Waals surface area contributed by atoms with Crippen molar-refractivity contribution in [3.63, 3.8) is 0 Å². The number of benzene rings is 1. The monoisotopic (exact) mass is 245 g/mol. The zero-order valence-electron chi connectivity index (χ0n) is 11.9. The minimum Gasteiger partial charge on any atom is -0.330 e. The van der Waals surface area contributed by atoms with Crippen LogP contribution in [0, 0.1) is 24.7 Å². The van der Waals surface area contributed by atoms with E-state index in [4.69, 9.17) is 5.73 Å². The van der Waals surface area contributed by atoms with Gasteiger partial charge in [0.2, 0.25) is 0 Å². The summed E-state index contributed by atoms with van der Waals surface area (Å²) in [7, 11) is 0. The van der Waals surface area contributed by atoms with E-state index in [9.17, 15) is 0 Å². The molecule has 1 aromatic rings. The molecule has 1 saturated carbocycles. The molecular formula is C17H27N. The fraction of sp³-hybridized carbons (Fsp3) is 0.647. The molecule has 18 heavy (non-hydrogen) atoms. The third-order valence-electron chi connectivity index (χ3n) is 4.71. The molecule has 2 rings (SSSR count). The molecule has 0 aliphatic heterocycles. The van der Waals surface area contributed by atoms with E-state index in [2.05, 4.69) is 38.1 Å². The molecule has 0 radical (unpaired) electrons. The molecule has 0 bridgehead atoms. The minimum absolute atomic E-state index is 0.744. The maximum absolute atomic E-state index is 5.96. The molecule has 3 unspecified atom stereocenters. The molecular weight excluding hydrogens is 218 g/mol. The largest absolute Gasteiger partial charge is 0.330 e. The molecule has 3 atom stereocenters. The fourth-order valence-electron chi connectivity index (χ4n) is 3.50. The number of aryl methyl sites for hydroxylation is 1. The smallest absolute Gasteiger partial charge is 0.00461 e. The van der Waals surface area contributed by atoms with Crippen molar-refractivity contribution < 1.29 is 0 Å². The summed E-state index contributed by atoms with van der Waals surface area (Å²) in [6.07, 6.45) is 6.67. The van der Waals surface area contributed by atoms with Gasteiger partial charge in [-0.25, -0.2) is 0 Å². The summed E-state index contributed by atoms with van der Waals surface area (Å²) >= 11 is 0. The molecule has 1 aliphatic rings. The average Bonchev–Trinajstić information content (AvgIpc) is 2.38. The summed E-state index contributed by atoms with van der Waals surface area (Å²) < 4.78 is 0. The highest BCUT2D eigenvalue weighted by atomic mass is 14.6. The third-order valence-corrected chi connectivity index (χ3v) is 4.71. The molecule has 1 fully saturated rings. The van der Waals surface area contributed by atoms with Gasteiger partial charge in [-0.15, -0.1) is 0 Å². The van der Waals surface area contributed by atoms with E-state index in [0.717, 1.165) is 24.3 Å². The first kappa shape index (κ1) is 13.6. The van der Waals surface area contributed by atoms with Crippen LogP contribution in [0.2, 0.25) is 0 Å². The number of hydrogen-bond acceptors (Lipinski definition) is 1. The Balaban J connectivity index is 2.04. The van der Waals surface area contributed by atoms with Crippen LogP contribution in [0.1, 0.15) is 43.7 Å². The van der Waals surface area contributed by atoms with Gasteiger partial charge in [-0.05, 0) is 56.0 Å². The molecule has 0 heterocycles. The van der Waals surface area contributed by atoms with Gasteiger partial charge in [0.05, 0.1) is 0 Å². The van der Waals surface area contributed by atoms with Crippen LogP contribution in [0.4, 0.5) is 0 Å². The van der Waals surface area contributed by atoms with E-state index < -0.39 is 0 Å². The number of rotatable bonds is 4. The summed E-state index contributed by atoms with van der Waals surface area (Å²) in [6.45, 7) is 5.38. The topological polar surface area (TPSA) is 26.0 Å². The molecule has 1 aliphatic carbocycles. The zero-order valence-corrected chi connectivity index (χ0v) is 11.9. The summed E-state index contributed by atoms with van der Waals surface area (Å²) in [5, 5.41) is 0. The predicted octanol–water partition coefficient (Wildman–Crippen LogP) is 3.94. The first-order valence-corrected chi connectivity index (χ1v) is 7.48. The summed E-state index contributed by atoms with van der Waals surface area (Å²) in [6, 6.07) is 8.97. The third kappa shape index (κ3) is 3.35. The van der Waals surface area contributed by atoms with Gasteiger partial charge in [-0.1, -0.05) is 49.6 Å². The van der Waals surface area contributed by atoms with Crippen molar-refractivity contribution in [1.29, 1.82) is 0 Å². The van der Waals surface area contributed by atoms with E-state index in [1.54, 1.807) is 0 Å². The quantitative estimate of drug-likeness (QED) is 0.854. The van der Waals surface area contributed by atoms with Gasteiger partial charge in [-0.2, -0.15) is 0 Å². The summed E-state index contributed by atoms with van der Waals surface area (Å²) in [5.74, 6) is 2.48. The van der Waals surface area contributed by atoms with Crippen molar-refractivity contribution in [3.8, 4) is 0 Å². The van der Waals surface area contributed by atoms with Gasteiger partial charge in [0, 0.05) is 0 Å². The second-order valence-corrected chi connectivity index (χ2v) is 6.04. The zero-order chi connectivity index (χ0) is 13.0. The Bertz CT molecular complexity index is 372. The first-order valence-electron chi connectivity index (χ1n) is 7.48. The van der Waals surface area contributed by atoms with Crippen molar-refractivity contribution in [3.05, 3.63) is 35.4 Å². The average molecular weight is 245 g/mol. The lowest BCUT2D eigenvalue weighted by Gasteiger charge is -2.35. The van der Waals surface area contributed by atoms with Crippen molar-refractivity contribution in [1.82, 2.24) is 0 Å². The molecule has 1 aromatic carbocycles. The van der Waals surface area contributed by atoms with Crippen LogP contribution in [0.15, 0.2) is 24.3 Å². The van der Waals surface area contributed by atoms with Gasteiger partial charge >= 0.3 is 0 Å². The van der Waals surface area contributed by atoms with Crippen molar-refractivity contribution >= 4 is 0 Å². The van der Waals surface area contributed by atoms with Crippen LogP contribution in [0.3, 0.4) is 0 Å².